The van der Waals surface area contributed by atoms with E-state index in [1.54, 1.807) is 51.5 Å². The number of nitrogens with one attached hydrogen (secondary N) is 1. The maximum Gasteiger partial charge on any atom is 0.340 e. The van der Waals surface area contributed by atoms with Crippen LogP contribution < -0.4 is 5.56 Å². The predicted octanol–water partition coefficient (Wildman–Crippen LogP) is 3.82. The Labute approximate surface area is 154 Å². The van der Waals surface area contributed by atoms with Gasteiger partial charge < -0.3 is 9.72 Å². The molecule has 7 heteroatoms. The molecule has 6 nitrogen and oxygen atoms in total. The van der Waals surface area contributed by atoms with Gasteiger partial charge in [0, 0.05) is 29.0 Å². The Bertz CT molecular complexity index is 1000. The topological polar surface area (TPSA) is 84.9 Å². The third-order valence-corrected chi connectivity index (χ3v) is 4.46. The minimum atomic E-state index is -0.616. The Morgan fingerprint density at radius 2 is 1.92 bits per heavy atom. The Morgan fingerprint density at radius 1 is 1.23 bits per heavy atom. The van der Waals surface area contributed by atoms with Crippen molar-refractivity contribution in [1.29, 1.82) is 0 Å². The van der Waals surface area contributed by atoms with Crippen LogP contribution >= 0.6 is 11.3 Å². The number of carbonyl (C=O) groups excluding carboxylic acids is 1. The highest BCUT2D eigenvalue weighted by Gasteiger charge is 2.22. The molecular weight excluding hydrogens is 350 g/mol. The molecule has 0 bridgehead atoms. The maximum atomic E-state index is 12.4. The third-order valence-electron chi connectivity index (χ3n) is 3.56. The molecule has 3 aromatic rings. The van der Waals surface area contributed by atoms with Crippen LogP contribution in [0.5, 0.6) is 0 Å². The molecule has 0 saturated heterocycles. The number of hydrogen-bond donors (Lipinski definition) is 1. The van der Waals surface area contributed by atoms with E-state index >= 15 is 0 Å². The van der Waals surface area contributed by atoms with E-state index in [0.29, 0.717) is 22.5 Å². The van der Waals surface area contributed by atoms with Crippen molar-refractivity contribution >= 4 is 17.3 Å². The molecule has 0 aromatic carbocycles. The predicted molar refractivity (Wildman–Crippen MR) is 101 cm³/mol. The van der Waals surface area contributed by atoms with Crippen molar-refractivity contribution in [2.75, 3.05) is 0 Å². The molecule has 134 valence electrons. The highest BCUT2D eigenvalue weighted by molar-refractivity contribution is 7.13. The number of ether oxygens (including phenoxy) is 1. The summed E-state index contributed by atoms with van der Waals surface area (Å²) in [5, 5.41) is 2.58. The first-order chi connectivity index (χ1) is 12.2. The van der Waals surface area contributed by atoms with Crippen molar-refractivity contribution in [3.05, 3.63) is 57.6 Å². The number of rotatable bonds is 3. The second-order valence-electron chi connectivity index (χ2n) is 6.83. The summed E-state index contributed by atoms with van der Waals surface area (Å²) >= 11 is 1.43. The van der Waals surface area contributed by atoms with E-state index in [2.05, 4.69) is 15.0 Å². The fraction of sp³-hybridized carbons (Fsp3) is 0.263. The molecule has 3 heterocycles. The first-order valence-corrected chi connectivity index (χ1v) is 8.96. The lowest BCUT2D eigenvalue weighted by atomic mass is 10.1. The monoisotopic (exact) mass is 369 g/mol. The average Bonchev–Trinajstić information content (AvgIpc) is 3.03. The maximum absolute atomic E-state index is 12.4. The van der Waals surface area contributed by atoms with Crippen LogP contribution in [0.15, 0.2) is 40.8 Å². The molecule has 0 aliphatic rings. The number of hydrogen-bond acceptors (Lipinski definition) is 6. The van der Waals surface area contributed by atoms with Crippen molar-refractivity contribution in [2.24, 2.45) is 0 Å². The number of esters is 1. The van der Waals surface area contributed by atoms with Gasteiger partial charge in [-0.2, -0.15) is 0 Å². The normalized spacial score (nSPS) is 11.4. The number of pyridine rings is 2. The van der Waals surface area contributed by atoms with Gasteiger partial charge in [0.2, 0.25) is 0 Å². The minimum absolute atomic E-state index is 0.290. The molecule has 3 rings (SSSR count). The van der Waals surface area contributed by atoms with Gasteiger partial charge in [-0.05, 0) is 45.9 Å². The largest absolute Gasteiger partial charge is 0.456 e. The summed E-state index contributed by atoms with van der Waals surface area (Å²) in [5.74, 6) is -0.475. The van der Waals surface area contributed by atoms with Gasteiger partial charge >= 0.3 is 5.97 Å². The van der Waals surface area contributed by atoms with E-state index in [1.807, 2.05) is 12.1 Å². The molecule has 0 amide bonds. The number of thiazole rings is 1. The second-order valence-corrected chi connectivity index (χ2v) is 7.68. The highest BCUT2D eigenvalue weighted by Crippen LogP contribution is 2.28. The second kappa shape index (κ2) is 6.84. The van der Waals surface area contributed by atoms with Gasteiger partial charge in [0.25, 0.3) is 5.56 Å². The Morgan fingerprint density at radius 3 is 2.58 bits per heavy atom. The number of aromatic nitrogens is 3. The molecule has 26 heavy (non-hydrogen) atoms. The van der Waals surface area contributed by atoms with Crippen LogP contribution in [0.1, 0.15) is 36.8 Å². The molecule has 0 aliphatic heterocycles. The van der Waals surface area contributed by atoms with E-state index in [4.69, 9.17) is 4.74 Å². The molecule has 0 radical (unpaired) electrons. The quantitative estimate of drug-likeness (QED) is 0.709. The van der Waals surface area contributed by atoms with E-state index in [-0.39, 0.29) is 5.56 Å². The summed E-state index contributed by atoms with van der Waals surface area (Å²) in [6.07, 6.45) is 3.38. The van der Waals surface area contributed by atoms with E-state index in [1.165, 1.54) is 11.3 Å². The van der Waals surface area contributed by atoms with Gasteiger partial charge in [-0.15, -0.1) is 11.3 Å². The molecular formula is C19H19N3O3S. The van der Waals surface area contributed by atoms with Gasteiger partial charge in [0.05, 0.1) is 16.8 Å². The van der Waals surface area contributed by atoms with Gasteiger partial charge in [-0.1, -0.05) is 0 Å². The number of aromatic amines is 1. The van der Waals surface area contributed by atoms with Gasteiger partial charge in [0.1, 0.15) is 10.6 Å². The molecule has 0 aliphatic carbocycles. The Hall–Kier alpha value is -2.80. The van der Waals surface area contributed by atoms with Gasteiger partial charge in [0.15, 0.2) is 0 Å². The van der Waals surface area contributed by atoms with Crippen LogP contribution in [0.4, 0.5) is 0 Å². The molecule has 0 fully saturated rings. The number of H-pyrrole nitrogens is 1. The SMILES string of the molecule is Cc1[nH]c(=O)c(-c2csc(-c3ccncc3)n2)cc1C(=O)OC(C)(C)C. The molecule has 0 atom stereocenters. The molecule has 0 saturated carbocycles. The van der Waals surface area contributed by atoms with E-state index in [9.17, 15) is 9.59 Å². The van der Waals surface area contributed by atoms with Crippen LogP contribution in [-0.2, 0) is 4.74 Å². The van der Waals surface area contributed by atoms with Crippen molar-refractivity contribution in [1.82, 2.24) is 15.0 Å². The van der Waals surface area contributed by atoms with Crippen molar-refractivity contribution in [2.45, 2.75) is 33.3 Å². The lowest BCUT2D eigenvalue weighted by molar-refractivity contribution is 0.00682. The van der Waals surface area contributed by atoms with E-state index < -0.39 is 11.6 Å². The van der Waals surface area contributed by atoms with Crippen LogP contribution in [0.3, 0.4) is 0 Å². The van der Waals surface area contributed by atoms with Crippen LogP contribution in [0.25, 0.3) is 21.8 Å². The zero-order valence-electron chi connectivity index (χ0n) is 15.0. The lowest BCUT2D eigenvalue weighted by Crippen LogP contribution is -2.25. The zero-order chi connectivity index (χ0) is 18.9. The number of carbonyl (C=O) groups is 1. The number of nitrogens with zero attached hydrogens (tertiary/aromatic N) is 2. The first-order valence-electron chi connectivity index (χ1n) is 8.08. The fourth-order valence-electron chi connectivity index (χ4n) is 2.38. The average molecular weight is 369 g/mol. The summed E-state index contributed by atoms with van der Waals surface area (Å²) in [6.45, 7) is 7.07. The molecule has 3 aromatic heterocycles. The van der Waals surface area contributed by atoms with Gasteiger partial charge in [-0.3, -0.25) is 9.78 Å². The first kappa shape index (κ1) is 18.0. The standard InChI is InChI=1S/C19H19N3O3S/c1-11-13(18(24)25-19(2,3)4)9-14(16(23)21-11)15-10-26-17(22-15)12-5-7-20-8-6-12/h5-10H,1-4H3,(H,21,23). The smallest absolute Gasteiger partial charge is 0.340 e. The minimum Gasteiger partial charge on any atom is -0.456 e. The summed E-state index contributed by atoms with van der Waals surface area (Å²) < 4.78 is 5.42. The summed E-state index contributed by atoms with van der Waals surface area (Å²) in [6, 6.07) is 5.26. The third kappa shape index (κ3) is 3.88. The number of aryl methyl sites for hydroxylation is 1. The van der Waals surface area contributed by atoms with Crippen molar-refractivity contribution < 1.29 is 9.53 Å². The summed E-state index contributed by atoms with van der Waals surface area (Å²) in [4.78, 5) is 36.1. The van der Waals surface area contributed by atoms with Crippen LogP contribution in [0, 0.1) is 6.92 Å². The van der Waals surface area contributed by atoms with Gasteiger partial charge in [-0.25, -0.2) is 9.78 Å². The van der Waals surface area contributed by atoms with Crippen LogP contribution in [-0.4, -0.2) is 26.5 Å². The van der Waals surface area contributed by atoms with Crippen molar-refractivity contribution in [3.8, 4) is 21.8 Å². The summed E-state index contributed by atoms with van der Waals surface area (Å²) in [7, 11) is 0. The fourth-order valence-corrected chi connectivity index (χ4v) is 3.21. The van der Waals surface area contributed by atoms with E-state index in [0.717, 1.165) is 10.6 Å². The van der Waals surface area contributed by atoms with Crippen molar-refractivity contribution in [3.63, 3.8) is 0 Å². The molecule has 1 N–H and O–H groups in total. The Balaban J connectivity index is 2.01. The highest BCUT2D eigenvalue weighted by atomic mass is 32.1. The Kier molecular flexibility index (Phi) is 4.73. The lowest BCUT2D eigenvalue weighted by Gasteiger charge is -2.20. The zero-order valence-corrected chi connectivity index (χ0v) is 15.8. The molecule has 0 unspecified atom stereocenters. The molecule has 0 spiro atoms. The summed E-state index contributed by atoms with van der Waals surface area (Å²) in [5.41, 5.74) is 1.68. The van der Waals surface area contributed by atoms with Crippen LogP contribution in [0.2, 0.25) is 0 Å².